The van der Waals surface area contributed by atoms with Crippen LogP contribution in [0.5, 0.6) is 0 Å². The van der Waals surface area contributed by atoms with Crippen molar-refractivity contribution in [2.45, 2.75) is 18.7 Å². The quantitative estimate of drug-likeness (QED) is 0.315. The average Bonchev–Trinajstić information content (AvgIpc) is 3.54. The van der Waals surface area contributed by atoms with E-state index in [1.807, 2.05) is 0 Å². The first kappa shape index (κ1) is 25.6. The lowest BCUT2D eigenvalue weighted by Crippen LogP contribution is -2.41. The fourth-order valence-electron chi connectivity index (χ4n) is 4.09. The standard InChI is InChI=1S/C26H20F3N7O3/c27-17-5-10-21(23(29)11-17)26(39,12-34-15-30-14-31-34)13-36-25(38)35(16-32-36)19-8-6-18(7-9-19)33-24(37)20-3-1-2-4-22(20)28/h1-11,14-16,39H,12-13H2,(H,33,37)/t26-/m0/s1. The molecule has 1 amide bonds. The summed E-state index contributed by atoms with van der Waals surface area (Å²) in [5, 5.41) is 22.1. The molecule has 39 heavy (non-hydrogen) atoms. The first-order valence-corrected chi connectivity index (χ1v) is 11.5. The van der Waals surface area contributed by atoms with Crippen LogP contribution in [-0.2, 0) is 18.7 Å². The van der Waals surface area contributed by atoms with Gasteiger partial charge < -0.3 is 10.4 Å². The molecule has 198 valence electrons. The van der Waals surface area contributed by atoms with Crippen molar-refractivity contribution in [1.82, 2.24) is 29.1 Å². The SMILES string of the molecule is O=C(Nc1ccc(-n2cnn(C[C@@](O)(Cn3cncn3)c3ccc(F)cc3F)c2=O)cc1)c1ccccc1F. The molecule has 3 aromatic carbocycles. The Balaban J connectivity index is 1.39. The van der Waals surface area contributed by atoms with Gasteiger partial charge in [-0.2, -0.15) is 10.2 Å². The number of nitrogens with zero attached hydrogens (tertiary/aromatic N) is 6. The van der Waals surface area contributed by atoms with Gasteiger partial charge in [0.25, 0.3) is 5.91 Å². The Morgan fingerprint density at radius 2 is 1.69 bits per heavy atom. The van der Waals surface area contributed by atoms with E-state index in [0.717, 1.165) is 16.8 Å². The van der Waals surface area contributed by atoms with Crippen LogP contribution in [-0.4, -0.2) is 40.1 Å². The number of carbonyl (C=O) groups excluding carboxylic acids is 1. The molecule has 0 saturated carbocycles. The van der Waals surface area contributed by atoms with Crippen molar-refractivity contribution < 1.29 is 23.1 Å². The highest BCUT2D eigenvalue weighted by Crippen LogP contribution is 2.28. The molecule has 0 saturated heterocycles. The number of hydrogen-bond donors (Lipinski definition) is 2. The van der Waals surface area contributed by atoms with Gasteiger partial charge in [-0.05, 0) is 42.5 Å². The van der Waals surface area contributed by atoms with Crippen LogP contribution in [0.4, 0.5) is 18.9 Å². The lowest BCUT2D eigenvalue weighted by Gasteiger charge is -2.28. The van der Waals surface area contributed by atoms with E-state index in [1.54, 1.807) is 6.07 Å². The molecule has 5 aromatic rings. The summed E-state index contributed by atoms with van der Waals surface area (Å²) in [6.07, 6.45) is 3.75. The molecule has 0 unspecified atom stereocenters. The first-order chi connectivity index (χ1) is 18.7. The molecule has 1 atom stereocenters. The summed E-state index contributed by atoms with van der Waals surface area (Å²) in [5.74, 6) is -3.12. The lowest BCUT2D eigenvalue weighted by atomic mass is 9.93. The zero-order valence-electron chi connectivity index (χ0n) is 20.1. The summed E-state index contributed by atoms with van der Waals surface area (Å²) < 4.78 is 45.5. The van der Waals surface area contributed by atoms with E-state index >= 15 is 0 Å². The molecule has 0 spiro atoms. The summed E-state index contributed by atoms with van der Waals surface area (Å²) in [6, 6.07) is 14.4. The second kappa shape index (κ2) is 10.4. The number of aliphatic hydroxyl groups is 1. The summed E-state index contributed by atoms with van der Waals surface area (Å²) in [5.41, 5.74) is -2.33. The number of anilines is 1. The molecule has 2 N–H and O–H groups in total. The largest absolute Gasteiger partial charge is 0.381 e. The number of aromatic nitrogens is 6. The smallest absolute Gasteiger partial charge is 0.350 e. The third-order valence-electron chi connectivity index (χ3n) is 5.99. The lowest BCUT2D eigenvalue weighted by molar-refractivity contribution is -0.00948. The maximum absolute atomic E-state index is 14.7. The van der Waals surface area contributed by atoms with E-state index < -0.39 is 41.2 Å². The molecule has 2 aromatic heterocycles. The van der Waals surface area contributed by atoms with E-state index in [-0.39, 0.29) is 17.7 Å². The van der Waals surface area contributed by atoms with Gasteiger partial charge in [0, 0.05) is 17.3 Å². The number of nitrogens with one attached hydrogen (secondary N) is 1. The average molecular weight is 535 g/mol. The van der Waals surface area contributed by atoms with Crippen LogP contribution in [0.3, 0.4) is 0 Å². The van der Waals surface area contributed by atoms with Gasteiger partial charge in [-0.25, -0.2) is 36.9 Å². The van der Waals surface area contributed by atoms with Gasteiger partial charge >= 0.3 is 5.69 Å². The van der Waals surface area contributed by atoms with Gasteiger partial charge in [-0.1, -0.05) is 18.2 Å². The molecule has 0 aliphatic heterocycles. The number of hydrogen-bond acceptors (Lipinski definition) is 6. The molecule has 0 bridgehead atoms. The van der Waals surface area contributed by atoms with Crippen LogP contribution in [0.2, 0.25) is 0 Å². The highest BCUT2D eigenvalue weighted by molar-refractivity contribution is 6.04. The maximum Gasteiger partial charge on any atom is 0.350 e. The summed E-state index contributed by atoms with van der Waals surface area (Å²) >= 11 is 0. The van der Waals surface area contributed by atoms with Gasteiger partial charge in [0.2, 0.25) is 0 Å². The molecular weight excluding hydrogens is 515 g/mol. The Hall–Kier alpha value is -5.04. The van der Waals surface area contributed by atoms with Crippen LogP contribution < -0.4 is 11.0 Å². The van der Waals surface area contributed by atoms with Crippen molar-refractivity contribution in [1.29, 1.82) is 0 Å². The van der Waals surface area contributed by atoms with Crippen molar-refractivity contribution in [2.75, 3.05) is 5.32 Å². The van der Waals surface area contributed by atoms with E-state index in [2.05, 4.69) is 20.5 Å². The zero-order valence-corrected chi connectivity index (χ0v) is 20.1. The van der Waals surface area contributed by atoms with Crippen molar-refractivity contribution >= 4 is 11.6 Å². The van der Waals surface area contributed by atoms with Crippen LogP contribution in [0, 0.1) is 17.5 Å². The topological polar surface area (TPSA) is 120 Å². The van der Waals surface area contributed by atoms with Crippen LogP contribution >= 0.6 is 0 Å². The van der Waals surface area contributed by atoms with Crippen LogP contribution in [0.1, 0.15) is 15.9 Å². The second-order valence-electron chi connectivity index (χ2n) is 8.67. The Morgan fingerprint density at radius 3 is 2.38 bits per heavy atom. The third kappa shape index (κ3) is 5.33. The third-order valence-corrected chi connectivity index (χ3v) is 5.99. The number of halogens is 3. The van der Waals surface area contributed by atoms with Gasteiger partial charge in [0.15, 0.2) is 0 Å². The fourth-order valence-corrected chi connectivity index (χ4v) is 4.09. The monoisotopic (exact) mass is 535 g/mol. The molecule has 0 radical (unpaired) electrons. The Bertz CT molecular complexity index is 1680. The molecule has 0 aliphatic rings. The van der Waals surface area contributed by atoms with Gasteiger partial charge in [0.1, 0.15) is 42.0 Å². The minimum absolute atomic E-state index is 0.116. The molecule has 2 heterocycles. The van der Waals surface area contributed by atoms with E-state index in [4.69, 9.17) is 0 Å². The number of carbonyl (C=O) groups is 1. The number of rotatable bonds is 8. The first-order valence-electron chi connectivity index (χ1n) is 11.5. The summed E-state index contributed by atoms with van der Waals surface area (Å²) in [6.45, 7) is -0.788. The van der Waals surface area contributed by atoms with E-state index in [1.165, 1.54) is 70.7 Å². The maximum atomic E-state index is 14.7. The summed E-state index contributed by atoms with van der Waals surface area (Å²) in [7, 11) is 0. The molecule has 13 heteroatoms. The van der Waals surface area contributed by atoms with Gasteiger partial charge in [-0.3, -0.25) is 4.79 Å². The number of amides is 1. The minimum atomic E-state index is -2.05. The molecule has 10 nitrogen and oxygen atoms in total. The molecule has 0 fully saturated rings. The van der Waals surface area contributed by atoms with Crippen molar-refractivity contribution in [3.63, 3.8) is 0 Å². The van der Waals surface area contributed by atoms with Crippen molar-refractivity contribution in [3.8, 4) is 5.69 Å². The highest BCUT2D eigenvalue weighted by atomic mass is 19.1. The Kier molecular flexibility index (Phi) is 6.81. The molecular formula is C26H20F3N7O3. The van der Waals surface area contributed by atoms with Gasteiger partial charge in [-0.15, -0.1) is 0 Å². The van der Waals surface area contributed by atoms with Gasteiger partial charge in [0.05, 0.1) is 24.3 Å². The predicted octanol–water partition coefficient (Wildman–Crippen LogP) is 2.88. The Morgan fingerprint density at radius 1 is 0.923 bits per heavy atom. The minimum Gasteiger partial charge on any atom is -0.381 e. The van der Waals surface area contributed by atoms with E-state index in [0.29, 0.717) is 17.4 Å². The van der Waals surface area contributed by atoms with Crippen molar-refractivity contribution in [2.24, 2.45) is 0 Å². The van der Waals surface area contributed by atoms with Crippen molar-refractivity contribution in [3.05, 3.63) is 125 Å². The molecule has 5 rings (SSSR count). The zero-order chi connectivity index (χ0) is 27.6. The predicted molar refractivity (Wildman–Crippen MR) is 132 cm³/mol. The number of benzene rings is 3. The van der Waals surface area contributed by atoms with Crippen LogP contribution in [0.15, 0.2) is 90.5 Å². The normalized spacial score (nSPS) is 12.7. The summed E-state index contributed by atoms with van der Waals surface area (Å²) in [4.78, 5) is 29.3. The highest BCUT2D eigenvalue weighted by Gasteiger charge is 2.35. The second-order valence-corrected chi connectivity index (χ2v) is 8.67. The molecule has 0 aliphatic carbocycles. The Labute approximate surface area is 218 Å². The van der Waals surface area contributed by atoms with Crippen LogP contribution in [0.25, 0.3) is 5.69 Å². The van der Waals surface area contributed by atoms with E-state index in [9.17, 15) is 27.9 Å². The fraction of sp³-hybridized carbons (Fsp3) is 0.115.